The van der Waals surface area contributed by atoms with Crippen LogP contribution in [0.2, 0.25) is 0 Å². The molecule has 0 radical (unpaired) electrons. The number of hydrogen-bond donors (Lipinski definition) is 0. The van der Waals surface area contributed by atoms with E-state index in [4.69, 9.17) is 5.26 Å². The van der Waals surface area contributed by atoms with E-state index in [2.05, 4.69) is 52.9 Å². The van der Waals surface area contributed by atoms with Crippen molar-refractivity contribution in [2.75, 3.05) is 0 Å². The Morgan fingerprint density at radius 2 is 2.00 bits per heavy atom. The van der Waals surface area contributed by atoms with Crippen molar-refractivity contribution in [1.82, 2.24) is 0 Å². The Labute approximate surface area is 96.5 Å². The highest BCUT2D eigenvalue weighted by molar-refractivity contribution is 14.1. The van der Waals surface area contributed by atoms with Crippen LogP contribution < -0.4 is 0 Å². The highest BCUT2D eigenvalue weighted by atomic mass is 127. The molecular formula is C12H8IN. The molecule has 0 saturated carbocycles. The van der Waals surface area contributed by atoms with E-state index < -0.39 is 0 Å². The molecule has 0 aliphatic rings. The van der Waals surface area contributed by atoms with Gasteiger partial charge in [-0.05, 0) is 45.0 Å². The Hall–Kier alpha value is -1.08. The third kappa shape index (κ3) is 1.73. The zero-order valence-electron chi connectivity index (χ0n) is 7.50. The summed E-state index contributed by atoms with van der Waals surface area (Å²) in [5.41, 5.74) is 1.09. The molecule has 1 nitrogen and oxygen atoms in total. The monoisotopic (exact) mass is 293 g/mol. The van der Waals surface area contributed by atoms with Gasteiger partial charge in [-0.2, -0.15) is 5.26 Å². The normalized spacial score (nSPS) is 10.0. The van der Waals surface area contributed by atoms with Gasteiger partial charge < -0.3 is 0 Å². The van der Waals surface area contributed by atoms with Crippen LogP contribution in [-0.4, -0.2) is 0 Å². The molecule has 0 aromatic heterocycles. The second-order valence-electron chi connectivity index (χ2n) is 3.13. The Bertz CT molecular complexity index is 511. The predicted octanol–water partition coefficient (Wildman–Crippen LogP) is 3.51. The molecule has 0 unspecified atom stereocenters. The molecule has 2 aromatic rings. The lowest BCUT2D eigenvalue weighted by molar-refractivity contribution is 1.27. The first-order valence-electron chi connectivity index (χ1n) is 4.35. The van der Waals surface area contributed by atoms with Crippen molar-refractivity contribution in [3.05, 3.63) is 45.5 Å². The fraction of sp³-hybridized carbons (Fsp3) is 0.0833. The molecule has 68 valence electrons. The van der Waals surface area contributed by atoms with Crippen molar-refractivity contribution < 1.29 is 0 Å². The largest absolute Gasteiger partial charge is 0.198 e. The molecule has 0 atom stereocenters. The van der Waals surface area contributed by atoms with Crippen LogP contribution in [0.15, 0.2) is 36.4 Å². The Kier molecular flexibility index (Phi) is 2.69. The molecule has 0 bridgehead atoms. The van der Waals surface area contributed by atoms with Crippen LogP contribution in [0.5, 0.6) is 0 Å². The van der Waals surface area contributed by atoms with Gasteiger partial charge in [-0.3, -0.25) is 0 Å². The van der Waals surface area contributed by atoms with Gasteiger partial charge in [0.25, 0.3) is 0 Å². The third-order valence-electron chi connectivity index (χ3n) is 2.15. The topological polar surface area (TPSA) is 23.8 Å². The molecule has 14 heavy (non-hydrogen) atoms. The fourth-order valence-electron chi connectivity index (χ4n) is 1.52. The summed E-state index contributed by atoms with van der Waals surface area (Å²) in [5, 5.41) is 11.1. The zero-order valence-corrected chi connectivity index (χ0v) is 9.65. The standard InChI is InChI=1S/C12H8IN/c13-12-8-9(5-6-14)7-10-3-1-2-4-11(10)12/h1-4,7-8H,5H2. The summed E-state index contributed by atoms with van der Waals surface area (Å²) in [6.07, 6.45) is 0.487. The first kappa shape index (κ1) is 9.47. The van der Waals surface area contributed by atoms with Crippen LogP contribution in [-0.2, 0) is 6.42 Å². The van der Waals surface area contributed by atoms with Gasteiger partial charge >= 0.3 is 0 Å². The minimum absolute atomic E-state index is 0.487. The zero-order chi connectivity index (χ0) is 9.97. The van der Waals surface area contributed by atoms with Crippen molar-refractivity contribution in [3.8, 4) is 6.07 Å². The highest BCUT2D eigenvalue weighted by Gasteiger charge is 2.00. The van der Waals surface area contributed by atoms with E-state index in [0.29, 0.717) is 6.42 Å². The molecule has 0 fully saturated rings. The van der Waals surface area contributed by atoms with Gasteiger partial charge in [0.1, 0.15) is 0 Å². The van der Waals surface area contributed by atoms with E-state index in [0.717, 1.165) is 5.56 Å². The van der Waals surface area contributed by atoms with E-state index in [9.17, 15) is 0 Å². The summed E-state index contributed by atoms with van der Waals surface area (Å²) < 4.78 is 1.21. The van der Waals surface area contributed by atoms with Gasteiger partial charge in [-0.1, -0.05) is 30.3 Å². The Balaban J connectivity index is 2.67. The van der Waals surface area contributed by atoms with E-state index in [-0.39, 0.29) is 0 Å². The molecule has 0 N–H and O–H groups in total. The lowest BCUT2D eigenvalue weighted by Crippen LogP contribution is -1.85. The average Bonchev–Trinajstić information content (AvgIpc) is 2.18. The Morgan fingerprint density at radius 1 is 1.21 bits per heavy atom. The quantitative estimate of drug-likeness (QED) is 0.738. The number of rotatable bonds is 1. The van der Waals surface area contributed by atoms with E-state index in [1.165, 1.54) is 14.3 Å². The minimum atomic E-state index is 0.487. The first-order valence-corrected chi connectivity index (χ1v) is 5.43. The summed E-state index contributed by atoms with van der Waals surface area (Å²) in [6.45, 7) is 0. The van der Waals surface area contributed by atoms with Gasteiger partial charge in [-0.25, -0.2) is 0 Å². The van der Waals surface area contributed by atoms with Gasteiger partial charge in [0, 0.05) is 3.57 Å². The van der Waals surface area contributed by atoms with Crippen LogP contribution >= 0.6 is 22.6 Å². The number of nitriles is 1. The second-order valence-corrected chi connectivity index (χ2v) is 4.30. The summed E-state index contributed by atoms with van der Waals surface area (Å²) in [4.78, 5) is 0. The summed E-state index contributed by atoms with van der Waals surface area (Å²) in [5.74, 6) is 0. The number of nitrogens with zero attached hydrogens (tertiary/aromatic N) is 1. The number of hydrogen-bond acceptors (Lipinski definition) is 1. The summed E-state index contributed by atoms with van der Waals surface area (Å²) in [7, 11) is 0. The fourth-order valence-corrected chi connectivity index (χ4v) is 2.41. The smallest absolute Gasteiger partial charge is 0.0669 e. The summed E-state index contributed by atoms with van der Waals surface area (Å²) >= 11 is 2.31. The first-order chi connectivity index (χ1) is 6.81. The van der Waals surface area contributed by atoms with Crippen molar-refractivity contribution in [3.63, 3.8) is 0 Å². The van der Waals surface area contributed by atoms with E-state index >= 15 is 0 Å². The van der Waals surface area contributed by atoms with Crippen molar-refractivity contribution in [1.29, 1.82) is 5.26 Å². The molecule has 0 aliphatic heterocycles. The van der Waals surface area contributed by atoms with E-state index in [1.807, 2.05) is 12.1 Å². The Morgan fingerprint density at radius 3 is 2.79 bits per heavy atom. The van der Waals surface area contributed by atoms with Crippen LogP contribution in [0.4, 0.5) is 0 Å². The number of halogens is 1. The van der Waals surface area contributed by atoms with Gasteiger partial charge in [0.15, 0.2) is 0 Å². The van der Waals surface area contributed by atoms with Gasteiger partial charge in [-0.15, -0.1) is 0 Å². The molecule has 2 heteroatoms. The van der Waals surface area contributed by atoms with Gasteiger partial charge in [0.2, 0.25) is 0 Å². The molecular weight excluding hydrogens is 285 g/mol. The van der Waals surface area contributed by atoms with E-state index in [1.54, 1.807) is 0 Å². The van der Waals surface area contributed by atoms with Crippen LogP contribution in [0.3, 0.4) is 0 Å². The third-order valence-corrected chi connectivity index (χ3v) is 3.05. The second kappa shape index (κ2) is 3.97. The molecule has 0 heterocycles. The lowest BCUT2D eigenvalue weighted by Gasteiger charge is -2.02. The molecule has 0 spiro atoms. The molecule has 0 amide bonds. The predicted molar refractivity (Wildman–Crippen MR) is 66.0 cm³/mol. The maximum atomic E-state index is 8.63. The minimum Gasteiger partial charge on any atom is -0.198 e. The molecule has 0 aliphatic carbocycles. The number of fused-ring (bicyclic) bond motifs is 1. The average molecular weight is 293 g/mol. The van der Waals surface area contributed by atoms with Crippen LogP contribution in [0.25, 0.3) is 10.8 Å². The SMILES string of the molecule is N#CCc1cc(I)c2ccccc2c1. The highest BCUT2D eigenvalue weighted by Crippen LogP contribution is 2.22. The lowest BCUT2D eigenvalue weighted by atomic mass is 10.1. The van der Waals surface area contributed by atoms with Crippen LogP contribution in [0.1, 0.15) is 5.56 Å². The van der Waals surface area contributed by atoms with Gasteiger partial charge in [0.05, 0.1) is 12.5 Å². The van der Waals surface area contributed by atoms with Crippen molar-refractivity contribution in [2.24, 2.45) is 0 Å². The maximum Gasteiger partial charge on any atom is 0.0669 e. The maximum absolute atomic E-state index is 8.63. The van der Waals surface area contributed by atoms with Crippen molar-refractivity contribution in [2.45, 2.75) is 6.42 Å². The van der Waals surface area contributed by atoms with Crippen molar-refractivity contribution >= 4 is 33.4 Å². The molecule has 0 saturated heterocycles. The molecule has 2 aromatic carbocycles. The summed E-state index contributed by atoms with van der Waals surface area (Å²) in [6, 6.07) is 14.6. The molecule has 2 rings (SSSR count). The number of benzene rings is 2. The van der Waals surface area contributed by atoms with Crippen LogP contribution in [0, 0.1) is 14.9 Å².